The molecule has 25 heavy (non-hydrogen) atoms. The second kappa shape index (κ2) is 10.4. The normalized spacial score (nSPS) is 13.4. The maximum atomic E-state index is 12.7. The number of anilines is 1. The van der Waals surface area contributed by atoms with E-state index < -0.39 is 5.60 Å². The molecule has 0 saturated carbocycles. The first-order valence-corrected chi connectivity index (χ1v) is 9.48. The van der Waals surface area contributed by atoms with Gasteiger partial charge < -0.3 is 14.8 Å². The van der Waals surface area contributed by atoms with Crippen LogP contribution in [0.4, 0.5) is 5.69 Å². The van der Waals surface area contributed by atoms with Gasteiger partial charge in [-0.15, -0.1) is 0 Å². The summed E-state index contributed by atoms with van der Waals surface area (Å²) in [5.74, 6) is 0.827. The Morgan fingerprint density at radius 1 is 1.08 bits per heavy atom. The predicted molar refractivity (Wildman–Crippen MR) is 105 cm³/mol. The average Bonchev–Trinajstić information content (AvgIpc) is 2.57. The number of carbonyl (C=O) groups is 1. The summed E-state index contributed by atoms with van der Waals surface area (Å²) < 4.78 is 11.4. The molecule has 0 aliphatic rings. The van der Waals surface area contributed by atoms with Crippen LogP contribution >= 0.6 is 0 Å². The van der Waals surface area contributed by atoms with E-state index in [1.54, 1.807) is 7.11 Å². The van der Waals surface area contributed by atoms with E-state index in [1.165, 1.54) is 0 Å². The number of rotatable bonds is 11. The van der Waals surface area contributed by atoms with Gasteiger partial charge in [-0.3, -0.25) is 4.79 Å². The van der Waals surface area contributed by atoms with E-state index >= 15 is 0 Å². The van der Waals surface area contributed by atoms with Crippen LogP contribution in [0.2, 0.25) is 0 Å². The summed E-state index contributed by atoms with van der Waals surface area (Å²) >= 11 is 0. The molecule has 1 rings (SSSR count). The highest BCUT2D eigenvalue weighted by molar-refractivity contribution is 5.97. The molecule has 0 radical (unpaired) electrons. The van der Waals surface area contributed by atoms with Crippen molar-refractivity contribution in [2.45, 2.75) is 78.7 Å². The zero-order valence-electron chi connectivity index (χ0n) is 16.8. The Morgan fingerprint density at radius 3 is 2.20 bits per heavy atom. The van der Waals surface area contributed by atoms with Gasteiger partial charge in [0, 0.05) is 12.8 Å². The second-order valence-electron chi connectivity index (χ2n) is 6.99. The van der Waals surface area contributed by atoms with E-state index in [-0.39, 0.29) is 5.91 Å². The molecule has 4 nitrogen and oxygen atoms in total. The summed E-state index contributed by atoms with van der Waals surface area (Å²) in [6.07, 6.45) is 6.09. The van der Waals surface area contributed by atoms with Crippen molar-refractivity contribution in [1.29, 1.82) is 0 Å². The molecular formula is C21H35NO3. The molecule has 0 fully saturated rings. The van der Waals surface area contributed by atoms with Gasteiger partial charge in [-0.2, -0.15) is 0 Å². The van der Waals surface area contributed by atoms with Crippen molar-refractivity contribution < 1.29 is 14.3 Å². The molecule has 0 aliphatic carbocycles. The number of benzene rings is 1. The van der Waals surface area contributed by atoms with E-state index in [0.717, 1.165) is 67.7 Å². The van der Waals surface area contributed by atoms with Gasteiger partial charge in [-0.05, 0) is 56.9 Å². The van der Waals surface area contributed by atoms with Crippen molar-refractivity contribution in [3.05, 3.63) is 23.3 Å². The Hall–Kier alpha value is -1.55. The number of amides is 1. The number of carbonyl (C=O) groups excluding carboxylic acids is 1. The Bertz CT molecular complexity index is 533. The van der Waals surface area contributed by atoms with Crippen LogP contribution in [0.3, 0.4) is 0 Å². The number of nitrogens with one attached hydrogen (secondary N) is 1. The van der Waals surface area contributed by atoms with Crippen molar-refractivity contribution in [3.8, 4) is 5.75 Å². The average molecular weight is 350 g/mol. The van der Waals surface area contributed by atoms with E-state index in [4.69, 9.17) is 9.47 Å². The molecule has 142 valence electrons. The molecule has 0 saturated heterocycles. The van der Waals surface area contributed by atoms with Gasteiger partial charge in [0.05, 0.1) is 6.61 Å². The predicted octanol–water partition coefficient (Wildman–Crippen LogP) is 5.41. The maximum Gasteiger partial charge on any atom is 0.256 e. The first kappa shape index (κ1) is 21.5. The van der Waals surface area contributed by atoms with Crippen molar-refractivity contribution >= 4 is 11.6 Å². The van der Waals surface area contributed by atoms with Crippen LogP contribution in [0.5, 0.6) is 5.75 Å². The van der Waals surface area contributed by atoms with E-state index in [2.05, 4.69) is 19.2 Å². The number of methoxy groups -OCH3 is 1. The molecule has 0 bridgehead atoms. The lowest BCUT2D eigenvalue weighted by atomic mass is 9.96. The fourth-order valence-electron chi connectivity index (χ4n) is 2.85. The monoisotopic (exact) mass is 349 g/mol. The fraction of sp³-hybridized carbons (Fsp3) is 0.667. The van der Waals surface area contributed by atoms with Crippen LogP contribution in [0.15, 0.2) is 12.1 Å². The number of hydrogen-bond acceptors (Lipinski definition) is 3. The molecule has 1 amide bonds. The van der Waals surface area contributed by atoms with Crippen LogP contribution in [-0.2, 0) is 9.53 Å². The molecule has 0 aromatic heterocycles. The maximum absolute atomic E-state index is 12.7. The number of unbranched alkanes of at least 4 members (excludes halogenated alkanes) is 3. The minimum atomic E-state index is -0.798. The van der Waals surface area contributed by atoms with Crippen LogP contribution in [0.25, 0.3) is 0 Å². The molecule has 0 aliphatic heterocycles. The van der Waals surface area contributed by atoms with Crippen molar-refractivity contribution in [3.63, 3.8) is 0 Å². The van der Waals surface area contributed by atoms with Gasteiger partial charge in [0.25, 0.3) is 5.91 Å². The highest BCUT2D eigenvalue weighted by Gasteiger charge is 2.32. The Morgan fingerprint density at radius 2 is 1.68 bits per heavy atom. The number of hydrogen-bond donors (Lipinski definition) is 1. The van der Waals surface area contributed by atoms with Crippen LogP contribution in [0, 0.1) is 13.8 Å². The molecule has 4 heteroatoms. The minimum Gasteiger partial charge on any atom is -0.493 e. The fourth-order valence-corrected chi connectivity index (χ4v) is 2.85. The molecule has 1 unspecified atom stereocenters. The van der Waals surface area contributed by atoms with Crippen molar-refractivity contribution in [1.82, 2.24) is 0 Å². The third kappa shape index (κ3) is 6.35. The third-order valence-electron chi connectivity index (χ3n) is 4.65. The van der Waals surface area contributed by atoms with Crippen LogP contribution in [-0.4, -0.2) is 25.2 Å². The summed E-state index contributed by atoms with van der Waals surface area (Å²) in [6.45, 7) is 10.9. The highest BCUT2D eigenvalue weighted by atomic mass is 16.5. The quantitative estimate of drug-likeness (QED) is 0.544. The summed E-state index contributed by atoms with van der Waals surface area (Å²) in [4.78, 5) is 12.7. The van der Waals surface area contributed by atoms with Gasteiger partial charge in [0.2, 0.25) is 0 Å². The lowest BCUT2D eigenvalue weighted by Crippen LogP contribution is -2.42. The summed E-state index contributed by atoms with van der Waals surface area (Å²) in [5, 5.41) is 3.02. The van der Waals surface area contributed by atoms with Gasteiger partial charge in [0.1, 0.15) is 11.4 Å². The van der Waals surface area contributed by atoms with Gasteiger partial charge in [-0.25, -0.2) is 0 Å². The third-order valence-corrected chi connectivity index (χ3v) is 4.65. The van der Waals surface area contributed by atoms with Gasteiger partial charge >= 0.3 is 0 Å². The van der Waals surface area contributed by atoms with Crippen molar-refractivity contribution in [2.24, 2.45) is 0 Å². The van der Waals surface area contributed by atoms with E-state index in [9.17, 15) is 4.79 Å². The molecule has 1 aromatic rings. The minimum absolute atomic E-state index is 0.0930. The lowest BCUT2D eigenvalue weighted by molar-refractivity contribution is -0.136. The first-order chi connectivity index (χ1) is 11.9. The van der Waals surface area contributed by atoms with Crippen LogP contribution in [0.1, 0.15) is 70.4 Å². The summed E-state index contributed by atoms with van der Waals surface area (Å²) in [6, 6.07) is 3.93. The van der Waals surface area contributed by atoms with Gasteiger partial charge in [-0.1, -0.05) is 39.5 Å². The Kier molecular flexibility index (Phi) is 8.98. The highest BCUT2D eigenvalue weighted by Crippen LogP contribution is 2.29. The van der Waals surface area contributed by atoms with E-state index in [0.29, 0.717) is 0 Å². The summed E-state index contributed by atoms with van der Waals surface area (Å²) in [5.41, 5.74) is 2.07. The topological polar surface area (TPSA) is 47.6 Å². The molecule has 0 heterocycles. The largest absolute Gasteiger partial charge is 0.493 e. The molecule has 1 atom stereocenters. The first-order valence-electron chi connectivity index (χ1n) is 9.48. The smallest absolute Gasteiger partial charge is 0.256 e. The SMILES string of the molecule is CCCCCC(C)(OC)C(=O)Nc1cc(C)c(OCCCC)c(C)c1. The number of aryl methyl sites for hydroxylation is 2. The standard InChI is InChI=1S/C21H35NO3/c1-7-9-11-12-21(5,24-6)20(23)22-18-14-16(3)19(17(4)15-18)25-13-10-8-2/h14-15H,7-13H2,1-6H3,(H,22,23). The van der Waals surface area contributed by atoms with Gasteiger partial charge in [0.15, 0.2) is 0 Å². The zero-order valence-corrected chi connectivity index (χ0v) is 16.8. The molecule has 1 aromatic carbocycles. The van der Waals surface area contributed by atoms with E-state index in [1.807, 2.05) is 32.9 Å². The van der Waals surface area contributed by atoms with Crippen molar-refractivity contribution in [2.75, 3.05) is 19.0 Å². The molecular weight excluding hydrogens is 314 g/mol. The number of ether oxygens (including phenoxy) is 2. The lowest BCUT2D eigenvalue weighted by Gasteiger charge is -2.27. The Labute approximate surface area is 153 Å². The van der Waals surface area contributed by atoms with Crippen LogP contribution < -0.4 is 10.1 Å². The molecule has 1 N–H and O–H groups in total. The summed E-state index contributed by atoms with van der Waals surface area (Å²) in [7, 11) is 1.60. The molecule has 0 spiro atoms. The second-order valence-corrected chi connectivity index (χ2v) is 6.99. The zero-order chi connectivity index (χ0) is 18.9. The Balaban J connectivity index is 2.82.